The number of nitriles is 1. The Hall–Kier alpha value is -1.58. The van der Waals surface area contributed by atoms with Crippen LogP contribution in [0.5, 0.6) is 0 Å². The van der Waals surface area contributed by atoms with Crippen LogP contribution in [0.1, 0.15) is 11.1 Å². The van der Waals surface area contributed by atoms with Crippen molar-refractivity contribution in [3.05, 3.63) is 35.4 Å². The second-order valence-electron chi connectivity index (χ2n) is 4.85. The van der Waals surface area contributed by atoms with Crippen LogP contribution in [0.3, 0.4) is 0 Å². The molecule has 0 heterocycles. The Morgan fingerprint density at radius 1 is 1.07 bits per heavy atom. The van der Waals surface area contributed by atoms with E-state index < -0.39 is 7.68 Å². The molecule has 1 aromatic rings. The summed E-state index contributed by atoms with van der Waals surface area (Å²) in [5.41, 5.74) is 4.04. The first-order chi connectivity index (χ1) is 6.76. The van der Waals surface area contributed by atoms with Gasteiger partial charge in [-0.2, -0.15) is 0 Å². The number of benzene rings is 1. The molecule has 0 radical (unpaired) electrons. The van der Waals surface area contributed by atoms with Crippen LogP contribution in [-0.2, 0) is 0 Å². The quantitative estimate of drug-likeness (QED) is 0.372. The van der Waals surface area contributed by atoms with Gasteiger partial charge in [-0.25, -0.2) is 0 Å². The number of hydrogen-bond acceptors (Lipinski definition) is 1. The molecule has 0 unspecified atom stereocenters. The van der Waals surface area contributed by atoms with Gasteiger partial charge >= 0.3 is 89.6 Å². The Morgan fingerprint density at radius 3 is 1.93 bits per heavy atom. The average molecular weight is 218 g/mol. The van der Waals surface area contributed by atoms with Crippen molar-refractivity contribution in [3.8, 4) is 17.5 Å². The molecule has 1 nitrogen and oxygen atoms in total. The van der Waals surface area contributed by atoms with Crippen molar-refractivity contribution in [1.82, 2.24) is 0 Å². The molecule has 0 N–H and O–H groups in total. The standard InChI is InChI=1S/C12H13FNSi/c1-15(2,3,13)9-8-11-4-6-12(10-14)7-5-11/h4-7H,1-3H3/q-1. The second kappa shape index (κ2) is 3.53. The van der Waals surface area contributed by atoms with Crippen molar-refractivity contribution in [2.24, 2.45) is 0 Å². The molecule has 0 aliphatic carbocycles. The number of halogens is 1. The van der Waals surface area contributed by atoms with Gasteiger partial charge in [-0.05, 0) is 0 Å². The van der Waals surface area contributed by atoms with Crippen molar-refractivity contribution in [3.63, 3.8) is 0 Å². The number of rotatable bonds is 0. The van der Waals surface area contributed by atoms with Crippen molar-refractivity contribution in [2.75, 3.05) is 0 Å². The van der Waals surface area contributed by atoms with Gasteiger partial charge in [0.1, 0.15) is 0 Å². The van der Waals surface area contributed by atoms with Gasteiger partial charge in [0.25, 0.3) is 0 Å². The first-order valence-electron chi connectivity index (χ1n) is 4.73. The molecule has 0 spiro atoms. The van der Waals surface area contributed by atoms with E-state index in [0.717, 1.165) is 5.56 Å². The fourth-order valence-corrected chi connectivity index (χ4v) is 1.48. The maximum atomic E-state index is 13.8. The Bertz CT molecular complexity index is 454. The van der Waals surface area contributed by atoms with E-state index in [2.05, 4.69) is 11.5 Å². The van der Waals surface area contributed by atoms with Crippen LogP contribution in [0.4, 0.5) is 4.11 Å². The molecule has 15 heavy (non-hydrogen) atoms. The Morgan fingerprint density at radius 2 is 1.53 bits per heavy atom. The van der Waals surface area contributed by atoms with Crippen molar-refractivity contribution < 1.29 is 4.11 Å². The Balaban J connectivity index is 2.97. The van der Waals surface area contributed by atoms with Crippen LogP contribution >= 0.6 is 0 Å². The minimum atomic E-state index is -3.48. The van der Waals surface area contributed by atoms with E-state index in [9.17, 15) is 4.11 Å². The molecule has 78 valence electrons. The van der Waals surface area contributed by atoms with Crippen LogP contribution in [0.2, 0.25) is 19.6 Å². The van der Waals surface area contributed by atoms with E-state index in [1.807, 2.05) is 6.07 Å². The Kier molecular flexibility index (Phi) is 2.70. The van der Waals surface area contributed by atoms with Gasteiger partial charge in [-0.1, -0.05) is 0 Å². The molecule has 0 fully saturated rings. The molecule has 1 rings (SSSR count). The van der Waals surface area contributed by atoms with Crippen molar-refractivity contribution in [2.45, 2.75) is 19.6 Å². The van der Waals surface area contributed by atoms with Gasteiger partial charge in [-0.15, -0.1) is 0 Å². The molecule has 1 aromatic carbocycles. The SMILES string of the molecule is C[Si-](C)(C)(F)C#Cc1ccc(C#N)cc1. The monoisotopic (exact) mass is 218 g/mol. The fourth-order valence-electron chi connectivity index (χ4n) is 0.911. The molecule has 0 aromatic heterocycles. The van der Waals surface area contributed by atoms with Gasteiger partial charge in [0.15, 0.2) is 0 Å². The van der Waals surface area contributed by atoms with E-state index in [-0.39, 0.29) is 0 Å². The average Bonchev–Trinajstić information content (AvgIpc) is 2.13. The Labute approximate surface area is 90.1 Å². The van der Waals surface area contributed by atoms with Crippen LogP contribution < -0.4 is 0 Å². The third-order valence-electron chi connectivity index (χ3n) is 1.64. The predicted octanol–water partition coefficient (Wildman–Crippen LogP) is 3.21. The molecule has 0 aliphatic heterocycles. The normalized spacial score (nSPS) is 12.9. The summed E-state index contributed by atoms with van der Waals surface area (Å²) in [4.78, 5) is 0. The second-order valence-corrected chi connectivity index (χ2v) is 10.9. The van der Waals surface area contributed by atoms with Gasteiger partial charge in [-0.3, -0.25) is 0 Å². The van der Waals surface area contributed by atoms with E-state index in [4.69, 9.17) is 5.26 Å². The van der Waals surface area contributed by atoms with Gasteiger partial charge < -0.3 is 0 Å². The van der Waals surface area contributed by atoms with Crippen LogP contribution in [-0.4, -0.2) is 7.68 Å². The number of nitrogens with zero attached hydrogens (tertiary/aromatic N) is 1. The van der Waals surface area contributed by atoms with Gasteiger partial charge in [0, 0.05) is 0 Å². The zero-order valence-electron chi connectivity index (χ0n) is 9.13. The fraction of sp³-hybridized carbons (Fsp3) is 0.250. The van der Waals surface area contributed by atoms with Crippen molar-refractivity contribution in [1.29, 1.82) is 5.26 Å². The topological polar surface area (TPSA) is 23.8 Å². The summed E-state index contributed by atoms with van der Waals surface area (Å²) in [5.74, 6) is 2.81. The van der Waals surface area contributed by atoms with Gasteiger partial charge in [0.2, 0.25) is 0 Å². The molecular weight excluding hydrogens is 205 g/mol. The van der Waals surface area contributed by atoms with Crippen LogP contribution in [0, 0.1) is 22.8 Å². The first-order valence-corrected chi connectivity index (χ1v) is 8.61. The zero-order chi connectivity index (χ0) is 11.6. The summed E-state index contributed by atoms with van der Waals surface area (Å²) >= 11 is 0. The summed E-state index contributed by atoms with van der Waals surface area (Å²) in [7, 11) is -3.48. The molecule has 0 amide bonds. The number of hydrogen-bond donors (Lipinski definition) is 0. The molecule has 3 heteroatoms. The molecular formula is C12H13FNSi-. The van der Waals surface area contributed by atoms with E-state index in [0.29, 0.717) is 5.56 Å². The molecule has 0 atom stereocenters. The maximum absolute atomic E-state index is 13.8. The van der Waals surface area contributed by atoms with Crippen LogP contribution in [0.25, 0.3) is 0 Å². The third kappa shape index (κ3) is 4.44. The van der Waals surface area contributed by atoms with Gasteiger partial charge in [0.05, 0.1) is 0 Å². The summed E-state index contributed by atoms with van der Waals surface area (Å²) in [6, 6.07) is 8.85. The summed E-state index contributed by atoms with van der Waals surface area (Å²) in [6.45, 7) is 4.74. The van der Waals surface area contributed by atoms with E-state index >= 15 is 0 Å². The molecule has 0 saturated carbocycles. The summed E-state index contributed by atoms with van der Waals surface area (Å²) in [6.07, 6.45) is 0. The third-order valence-corrected chi connectivity index (χ3v) is 2.61. The van der Waals surface area contributed by atoms with E-state index in [1.165, 1.54) is 0 Å². The minimum absolute atomic E-state index is 0.588. The first kappa shape index (κ1) is 11.5. The predicted molar refractivity (Wildman–Crippen MR) is 62.5 cm³/mol. The van der Waals surface area contributed by atoms with E-state index in [1.54, 1.807) is 43.9 Å². The zero-order valence-corrected chi connectivity index (χ0v) is 10.1. The summed E-state index contributed by atoms with van der Waals surface area (Å²) in [5, 5.41) is 8.59. The molecule has 0 bridgehead atoms. The van der Waals surface area contributed by atoms with Crippen molar-refractivity contribution >= 4 is 7.68 Å². The molecule has 0 aliphatic rings. The van der Waals surface area contributed by atoms with Crippen LogP contribution in [0.15, 0.2) is 24.3 Å². The molecule has 0 saturated heterocycles. The summed E-state index contributed by atoms with van der Waals surface area (Å²) < 4.78 is 13.8.